The Balaban J connectivity index is 0.00000149. The summed E-state index contributed by atoms with van der Waals surface area (Å²) in [4.78, 5) is 0. The van der Waals surface area contributed by atoms with Crippen LogP contribution >= 0.6 is 0 Å². The van der Waals surface area contributed by atoms with Crippen LogP contribution in [0.15, 0.2) is 36.4 Å². The van der Waals surface area contributed by atoms with Gasteiger partial charge in [-0.05, 0) is 62.8 Å². The molecule has 4 rings (SSSR count). The summed E-state index contributed by atoms with van der Waals surface area (Å²) in [6.07, 6.45) is -14.8. The maximum atomic E-state index is 13.6. The number of alkyl halides is 9. The van der Waals surface area contributed by atoms with E-state index in [1.165, 1.54) is 6.92 Å². The van der Waals surface area contributed by atoms with Gasteiger partial charge in [-0.15, -0.1) is 0 Å². The van der Waals surface area contributed by atoms with Crippen molar-refractivity contribution in [3.8, 4) is 0 Å². The van der Waals surface area contributed by atoms with Gasteiger partial charge >= 0.3 is 18.5 Å². The molecule has 0 bridgehead atoms. The Bertz CT molecular complexity index is 1380. The SMILES string of the molecule is C=c1c2ccc(C(F)(F)F)c3c(C(F)(F)F)ccc(c4ccc(C(F)(F)F)c(C)c14)c32.CC. The standard InChI is InChI=1S/C22H11F9.C2H6/c1-9-11-3-7-15(21(26,27)28)19-16(22(29,30)31)8-5-13(18(11)19)12-4-6-14(20(23,24)25)10(2)17(9)12;1-2/h3-8H,1H2,2H3;1-2H3. The molecule has 0 aliphatic rings. The fraction of sp³-hybridized carbons (Fsp3) is 0.250. The van der Waals surface area contributed by atoms with Gasteiger partial charge in [-0.2, -0.15) is 39.5 Å². The van der Waals surface area contributed by atoms with Crippen LogP contribution in [0.25, 0.3) is 38.9 Å². The molecule has 4 aromatic carbocycles. The molecule has 0 aliphatic heterocycles. The van der Waals surface area contributed by atoms with Gasteiger partial charge < -0.3 is 0 Å². The molecule has 0 nitrogen and oxygen atoms in total. The first-order valence-electron chi connectivity index (χ1n) is 9.79. The van der Waals surface area contributed by atoms with Crippen molar-refractivity contribution in [3.63, 3.8) is 0 Å². The molecule has 0 heterocycles. The van der Waals surface area contributed by atoms with Gasteiger partial charge in [-0.3, -0.25) is 0 Å². The molecule has 0 radical (unpaired) electrons. The average Bonchev–Trinajstić information content (AvgIpc) is 2.70. The smallest absolute Gasteiger partial charge is 0.166 e. The Morgan fingerprint density at radius 3 is 1.30 bits per heavy atom. The molecular weight excluding hydrogens is 459 g/mol. The van der Waals surface area contributed by atoms with Crippen LogP contribution in [0.4, 0.5) is 39.5 Å². The molecule has 0 saturated carbocycles. The van der Waals surface area contributed by atoms with Crippen LogP contribution in [0.1, 0.15) is 36.1 Å². The topological polar surface area (TPSA) is 0 Å². The van der Waals surface area contributed by atoms with Gasteiger partial charge in [0.1, 0.15) is 0 Å². The van der Waals surface area contributed by atoms with Gasteiger partial charge in [0.25, 0.3) is 0 Å². The van der Waals surface area contributed by atoms with Crippen molar-refractivity contribution < 1.29 is 39.5 Å². The molecule has 0 fully saturated rings. The van der Waals surface area contributed by atoms with Crippen molar-refractivity contribution in [2.45, 2.75) is 39.3 Å². The van der Waals surface area contributed by atoms with Crippen LogP contribution in [-0.2, 0) is 18.5 Å². The predicted octanol–water partition coefficient (Wildman–Crippen LogP) is 8.67. The van der Waals surface area contributed by atoms with Crippen molar-refractivity contribution in [2.75, 3.05) is 0 Å². The zero-order valence-corrected chi connectivity index (χ0v) is 17.6. The van der Waals surface area contributed by atoms with E-state index in [1.807, 2.05) is 13.8 Å². The number of aryl methyl sites for hydroxylation is 1. The summed E-state index contributed by atoms with van der Waals surface area (Å²) in [5, 5.41) is -1.38. The minimum atomic E-state index is -5.07. The molecule has 33 heavy (non-hydrogen) atoms. The van der Waals surface area contributed by atoms with Gasteiger partial charge in [0.2, 0.25) is 0 Å². The van der Waals surface area contributed by atoms with Crippen LogP contribution in [0.3, 0.4) is 0 Å². The molecule has 0 amide bonds. The lowest BCUT2D eigenvalue weighted by Crippen LogP contribution is -2.15. The highest BCUT2D eigenvalue weighted by atomic mass is 19.4. The number of hydrogen-bond donors (Lipinski definition) is 0. The van der Waals surface area contributed by atoms with E-state index in [0.29, 0.717) is 12.1 Å². The molecule has 9 heteroatoms. The second-order valence-electron chi connectivity index (χ2n) is 7.20. The van der Waals surface area contributed by atoms with E-state index < -0.39 is 40.6 Å². The molecule has 0 unspecified atom stereocenters. The lowest BCUT2D eigenvalue weighted by Gasteiger charge is -2.21. The number of fused-ring (bicyclic) bond motifs is 2. The van der Waals surface area contributed by atoms with Crippen molar-refractivity contribution in [1.29, 1.82) is 0 Å². The second kappa shape index (κ2) is 7.81. The molecule has 0 spiro atoms. The Kier molecular flexibility index (Phi) is 5.84. The molecular formula is C24H17F9. The van der Waals surface area contributed by atoms with Gasteiger partial charge in [0.05, 0.1) is 16.7 Å². The van der Waals surface area contributed by atoms with Gasteiger partial charge in [0, 0.05) is 5.39 Å². The van der Waals surface area contributed by atoms with E-state index in [-0.39, 0.29) is 37.7 Å². The second-order valence-corrected chi connectivity index (χ2v) is 7.20. The summed E-state index contributed by atoms with van der Waals surface area (Å²) in [6, 6.07) is 4.81. The summed E-state index contributed by atoms with van der Waals surface area (Å²) in [7, 11) is 0. The number of benzene rings is 4. The van der Waals surface area contributed by atoms with Gasteiger partial charge in [-0.25, -0.2) is 0 Å². The molecule has 0 N–H and O–H groups in total. The molecule has 0 aliphatic carbocycles. The Hall–Kier alpha value is -2.97. The van der Waals surface area contributed by atoms with E-state index >= 15 is 0 Å². The maximum absolute atomic E-state index is 13.6. The van der Waals surface area contributed by atoms with E-state index in [9.17, 15) is 39.5 Å². The van der Waals surface area contributed by atoms with E-state index in [2.05, 4.69) is 6.58 Å². The first kappa shape index (κ1) is 24.7. The van der Waals surface area contributed by atoms with Crippen molar-refractivity contribution in [2.24, 2.45) is 0 Å². The maximum Gasteiger partial charge on any atom is 0.417 e. The lowest BCUT2D eigenvalue weighted by molar-refractivity contribution is -0.140. The minimum Gasteiger partial charge on any atom is -0.166 e. The van der Waals surface area contributed by atoms with E-state index in [4.69, 9.17) is 0 Å². The summed E-state index contributed by atoms with van der Waals surface area (Å²) < 4.78 is 122. The van der Waals surface area contributed by atoms with Gasteiger partial charge in [0.15, 0.2) is 0 Å². The number of hydrogen-bond acceptors (Lipinski definition) is 0. The van der Waals surface area contributed by atoms with Crippen LogP contribution in [0.5, 0.6) is 0 Å². The summed E-state index contributed by atoms with van der Waals surface area (Å²) in [5.74, 6) is 0. The summed E-state index contributed by atoms with van der Waals surface area (Å²) >= 11 is 0. The monoisotopic (exact) mass is 476 g/mol. The number of halogens is 9. The van der Waals surface area contributed by atoms with E-state index in [0.717, 1.165) is 24.3 Å². The highest BCUT2D eigenvalue weighted by molar-refractivity contribution is 6.23. The first-order valence-corrected chi connectivity index (χ1v) is 9.79. The van der Waals surface area contributed by atoms with Crippen LogP contribution < -0.4 is 5.22 Å². The van der Waals surface area contributed by atoms with Gasteiger partial charge in [-0.1, -0.05) is 38.6 Å². The Labute approximate surface area is 182 Å². The van der Waals surface area contributed by atoms with Crippen molar-refractivity contribution >= 4 is 38.9 Å². The predicted molar refractivity (Wildman–Crippen MR) is 111 cm³/mol. The fourth-order valence-electron chi connectivity index (χ4n) is 4.21. The largest absolute Gasteiger partial charge is 0.417 e. The molecule has 176 valence electrons. The summed E-state index contributed by atoms with van der Waals surface area (Å²) in [6.45, 7) is 8.91. The van der Waals surface area contributed by atoms with E-state index in [1.54, 1.807) is 0 Å². The van der Waals surface area contributed by atoms with Crippen molar-refractivity contribution in [3.05, 3.63) is 63.9 Å². The van der Waals surface area contributed by atoms with Crippen LogP contribution in [0, 0.1) is 6.92 Å². The third kappa shape index (κ3) is 3.87. The minimum absolute atomic E-state index is 0.0108. The molecule has 0 saturated heterocycles. The number of rotatable bonds is 0. The molecule has 0 atom stereocenters. The highest BCUT2D eigenvalue weighted by Gasteiger charge is 2.40. The highest BCUT2D eigenvalue weighted by Crippen LogP contribution is 2.46. The zero-order valence-electron chi connectivity index (χ0n) is 17.6. The summed E-state index contributed by atoms with van der Waals surface area (Å²) in [5.41, 5.74) is -4.10. The first-order chi connectivity index (χ1) is 15.1. The zero-order chi connectivity index (χ0) is 25.1. The van der Waals surface area contributed by atoms with Crippen LogP contribution in [0.2, 0.25) is 0 Å². The Morgan fingerprint density at radius 1 is 0.515 bits per heavy atom. The third-order valence-corrected chi connectivity index (χ3v) is 5.46. The quantitative estimate of drug-likeness (QED) is 0.135. The lowest BCUT2D eigenvalue weighted by atomic mass is 9.86. The molecule has 4 aromatic rings. The average molecular weight is 476 g/mol. The molecule has 0 aromatic heterocycles. The van der Waals surface area contributed by atoms with Crippen molar-refractivity contribution in [1.82, 2.24) is 0 Å². The third-order valence-electron chi connectivity index (χ3n) is 5.46. The van der Waals surface area contributed by atoms with Crippen LogP contribution in [-0.4, -0.2) is 0 Å². The fourth-order valence-corrected chi connectivity index (χ4v) is 4.21. The normalized spacial score (nSPS) is 13.0. The Morgan fingerprint density at radius 2 is 0.879 bits per heavy atom.